The topological polar surface area (TPSA) is 72.7 Å². The van der Waals surface area contributed by atoms with Gasteiger partial charge in [-0.15, -0.1) is 11.3 Å². The first-order valence-corrected chi connectivity index (χ1v) is 7.61. The van der Waals surface area contributed by atoms with Crippen molar-refractivity contribution in [3.05, 3.63) is 37.8 Å². The largest absolute Gasteiger partial charge is 0.329 e. The van der Waals surface area contributed by atoms with Crippen LogP contribution in [0.3, 0.4) is 0 Å². The number of aromatic amines is 1. The van der Waals surface area contributed by atoms with Crippen LogP contribution in [0.15, 0.2) is 21.7 Å². The molecule has 0 atom stereocenters. The quantitative estimate of drug-likeness (QED) is 0.803. The molecule has 3 heterocycles. The summed E-state index contributed by atoms with van der Waals surface area (Å²) in [7, 11) is 1.45. The first kappa shape index (κ1) is 13.8. The molecule has 7 heteroatoms. The van der Waals surface area contributed by atoms with Gasteiger partial charge < -0.3 is 4.57 Å². The molecule has 0 unspecified atom stereocenters. The summed E-state index contributed by atoms with van der Waals surface area (Å²) in [5.41, 5.74) is 0.0365. The van der Waals surface area contributed by atoms with E-state index in [4.69, 9.17) is 0 Å². The molecule has 0 saturated heterocycles. The monoisotopic (exact) mass is 304 g/mol. The second-order valence-electron chi connectivity index (χ2n) is 4.99. The average Bonchev–Trinajstić information content (AvgIpc) is 3.02. The average molecular weight is 304 g/mol. The molecule has 0 aliphatic heterocycles. The van der Waals surface area contributed by atoms with Gasteiger partial charge in [0.1, 0.15) is 5.65 Å². The smallest absolute Gasteiger partial charge is 0.309 e. The highest BCUT2D eigenvalue weighted by molar-refractivity contribution is 7.15. The molecule has 3 rings (SSSR count). The van der Waals surface area contributed by atoms with Gasteiger partial charge in [0.15, 0.2) is 11.3 Å². The summed E-state index contributed by atoms with van der Waals surface area (Å²) in [5.74, 6) is 0.740. The Morgan fingerprint density at radius 1 is 1.33 bits per heavy atom. The zero-order chi connectivity index (χ0) is 15.1. The van der Waals surface area contributed by atoms with Gasteiger partial charge in [0, 0.05) is 18.5 Å². The molecule has 3 aromatic heterocycles. The number of hydrogen-bond donors (Lipinski definition) is 1. The predicted octanol–water partition coefficient (Wildman–Crippen LogP) is 1.87. The lowest BCUT2D eigenvalue weighted by Gasteiger charge is -2.05. The van der Waals surface area contributed by atoms with Crippen molar-refractivity contribution in [2.75, 3.05) is 0 Å². The van der Waals surface area contributed by atoms with E-state index in [0.717, 1.165) is 21.7 Å². The fourth-order valence-electron chi connectivity index (χ4n) is 2.35. The Morgan fingerprint density at radius 2 is 2.10 bits per heavy atom. The first-order chi connectivity index (χ1) is 10.0. The van der Waals surface area contributed by atoms with E-state index in [1.165, 1.54) is 11.9 Å². The Kier molecular flexibility index (Phi) is 3.29. The number of nitrogens with zero attached hydrogens (tertiary/aromatic N) is 3. The summed E-state index contributed by atoms with van der Waals surface area (Å²) < 4.78 is 2.97. The molecule has 0 fully saturated rings. The minimum atomic E-state index is -0.418. The first-order valence-electron chi connectivity index (χ1n) is 6.79. The molecule has 0 radical (unpaired) electrons. The van der Waals surface area contributed by atoms with Crippen molar-refractivity contribution in [3.8, 4) is 10.7 Å². The zero-order valence-electron chi connectivity index (χ0n) is 12.1. The highest BCUT2D eigenvalue weighted by Crippen LogP contribution is 2.28. The molecule has 0 aliphatic carbocycles. The van der Waals surface area contributed by atoms with Crippen LogP contribution < -0.4 is 11.2 Å². The van der Waals surface area contributed by atoms with Gasteiger partial charge in [0.2, 0.25) is 0 Å². The van der Waals surface area contributed by atoms with Crippen molar-refractivity contribution in [1.82, 2.24) is 19.1 Å². The van der Waals surface area contributed by atoms with E-state index in [9.17, 15) is 9.59 Å². The summed E-state index contributed by atoms with van der Waals surface area (Å²) in [6.45, 7) is 4.78. The number of H-pyrrole nitrogens is 1. The maximum atomic E-state index is 12.2. The summed E-state index contributed by atoms with van der Waals surface area (Å²) in [6, 6.07) is 4.02. The van der Waals surface area contributed by atoms with E-state index >= 15 is 0 Å². The molecule has 0 bridgehead atoms. The van der Waals surface area contributed by atoms with Crippen LogP contribution in [0.2, 0.25) is 0 Å². The Bertz CT molecular complexity index is 929. The van der Waals surface area contributed by atoms with Crippen molar-refractivity contribution in [1.29, 1.82) is 0 Å². The number of aryl methyl sites for hydroxylation is 2. The minimum Gasteiger partial charge on any atom is -0.309 e. The molecule has 0 spiro atoms. The standard InChI is InChI=1S/C14H16N4O2S/c1-4-7-18-11(9-6-5-8(2)21-9)15-10-12(18)16-14(20)17(3)13(10)19/h5-6H,4,7H2,1-3H3,(H,16,20). The number of thiophene rings is 1. The van der Waals surface area contributed by atoms with E-state index in [1.807, 2.05) is 23.6 Å². The van der Waals surface area contributed by atoms with Crippen LogP contribution in [0.4, 0.5) is 0 Å². The molecule has 110 valence electrons. The maximum absolute atomic E-state index is 12.2. The SMILES string of the molecule is CCCn1c(-c2ccc(C)s2)nc2c(=O)n(C)c(=O)[nH]c21. The predicted molar refractivity (Wildman–Crippen MR) is 83.9 cm³/mol. The lowest BCUT2D eigenvalue weighted by atomic mass is 10.4. The van der Waals surface area contributed by atoms with Crippen molar-refractivity contribution < 1.29 is 0 Å². The number of aromatic nitrogens is 4. The molecular weight excluding hydrogens is 288 g/mol. The van der Waals surface area contributed by atoms with Crippen molar-refractivity contribution in [2.24, 2.45) is 7.05 Å². The highest BCUT2D eigenvalue weighted by Gasteiger charge is 2.17. The molecule has 0 amide bonds. The van der Waals surface area contributed by atoms with Gasteiger partial charge in [-0.1, -0.05) is 6.92 Å². The van der Waals surface area contributed by atoms with Crippen LogP contribution in [0.25, 0.3) is 21.9 Å². The summed E-state index contributed by atoms with van der Waals surface area (Å²) in [4.78, 5) is 33.5. The van der Waals surface area contributed by atoms with E-state index in [2.05, 4.69) is 16.9 Å². The highest BCUT2D eigenvalue weighted by atomic mass is 32.1. The molecule has 3 aromatic rings. The number of imidazole rings is 1. The van der Waals surface area contributed by atoms with Gasteiger partial charge in [-0.3, -0.25) is 14.3 Å². The third-order valence-electron chi connectivity index (χ3n) is 3.41. The third-order valence-corrected chi connectivity index (χ3v) is 4.41. The van der Waals surface area contributed by atoms with Gasteiger partial charge in [-0.05, 0) is 25.5 Å². The number of fused-ring (bicyclic) bond motifs is 1. The van der Waals surface area contributed by atoms with Gasteiger partial charge in [0.25, 0.3) is 5.56 Å². The van der Waals surface area contributed by atoms with Crippen LogP contribution >= 0.6 is 11.3 Å². The van der Waals surface area contributed by atoms with Crippen molar-refractivity contribution >= 4 is 22.5 Å². The molecular formula is C14H16N4O2S. The summed E-state index contributed by atoms with van der Waals surface area (Å²) in [6.07, 6.45) is 0.889. The summed E-state index contributed by atoms with van der Waals surface area (Å²) in [5, 5.41) is 0. The summed E-state index contributed by atoms with van der Waals surface area (Å²) >= 11 is 1.63. The normalized spacial score (nSPS) is 11.4. The van der Waals surface area contributed by atoms with E-state index in [-0.39, 0.29) is 5.56 Å². The molecule has 1 N–H and O–H groups in total. The molecule has 0 saturated carbocycles. The number of rotatable bonds is 3. The van der Waals surface area contributed by atoms with Crippen molar-refractivity contribution in [2.45, 2.75) is 26.8 Å². The fourth-order valence-corrected chi connectivity index (χ4v) is 3.22. The van der Waals surface area contributed by atoms with Gasteiger partial charge in [0.05, 0.1) is 4.88 Å². The zero-order valence-corrected chi connectivity index (χ0v) is 13.0. The Balaban J connectivity index is 2.40. The lowest BCUT2D eigenvalue weighted by Crippen LogP contribution is -2.32. The van der Waals surface area contributed by atoms with Crippen LogP contribution in [0.5, 0.6) is 0 Å². The molecule has 0 aromatic carbocycles. The molecule has 6 nitrogen and oxygen atoms in total. The number of hydrogen-bond acceptors (Lipinski definition) is 4. The Morgan fingerprint density at radius 3 is 2.71 bits per heavy atom. The second kappa shape index (κ2) is 5.00. The van der Waals surface area contributed by atoms with Crippen LogP contribution in [0.1, 0.15) is 18.2 Å². The van der Waals surface area contributed by atoms with Crippen LogP contribution in [-0.4, -0.2) is 19.1 Å². The third kappa shape index (κ3) is 2.13. The molecule has 0 aliphatic rings. The minimum absolute atomic E-state index is 0.312. The maximum Gasteiger partial charge on any atom is 0.329 e. The Hall–Kier alpha value is -2.15. The van der Waals surface area contributed by atoms with E-state index in [1.54, 1.807) is 11.3 Å². The van der Waals surface area contributed by atoms with Gasteiger partial charge in [-0.2, -0.15) is 0 Å². The van der Waals surface area contributed by atoms with Gasteiger partial charge in [-0.25, -0.2) is 9.78 Å². The van der Waals surface area contributed by atoms with Crippen LogP contribution in [0, 0.1) is 6.92 Å². The Labute approximate surface area is 124 Å². The lowest BCUT2D eigenvalue weighted by molar-refractivity contribution is 0.693. The fraction of sp³-hybridized carbons (Fsp3) is 0.357. The number of nitrogens with one attached hydrogen (secondary N) is 1. The second-order valence-corrected chi connectivity index (χ2v) is 6.28. The van der Waals surface area contributed by atoms with Gasteiger partial charge >= 0.3 is 5.69 Å². The van der Waals surface area contributed by atoms with E-state index in [0.29, 0.717) is 17.7 Å². The van der Waals surface area contributed by atoms with Crippen molar-refractivity contribution in [3.63, 3.8) is 0 Å². The molecule has 21 heavy (non-hydrogen) atoms. The van der Waals surface area contributed by atoms with E-state index < -0.39 is 5.69 Å². The van der Waals surface area contributed by atoms with Crippen LogP contribution in [-0.2, 0) is 13.6 Å².